The fraction of sp³-hybridized carbons (Fsp3) is 0.429. The minimum absolute atomic E-state index is 0.0452. The molecule has 1 fully saturated rings. The Morgan fingerprint density at radius 3 is 2.71 bits per heavy atom. The molecule has 0 saturated carbocycles. The predicted molar refractivity (Wildman–Crippen MR) is 78.7 cm³/mol. The van der Waals surface area contributed by atoms with E-state index in [4.69, 9.17) is 16.3 Å². The average Bonchev–Trinajstić information content (AvgIpc) is 2.53. The number of amides is 1. The molecular formula is C14H17ClN2O4. The van der Waals surface area contributed by atoms with Crippen LogP contribution in [0.2, 0.25) is 5.02 Å². The molecule has 0 spiro atoms. The number of carbonyl (C=O) groups is 2. The summed E-state index contributed by atoms with van der Waals surface area (Å²) in [5.74, 6) is -0.484. The monoisotopic (exact) mass is 312 g/mol. The van der Waals surface area contributed by atoms with Crippen LogP contribution >= 0.6 is 11.6 Å². The van der Waals surface area contributed by atoms with Crippen LogP contribution in [-0.4, -0.2) is 56.7 Å². The lowest BCUT2D eigenvalue weighted by Gasteiger charge is -2.27. The number of halogens is 1. The maximum atomic E-state index is 12.3. The maximum absolute atomic E-state index is 12.3. The van der Waals surface area contributed by atoms with Crippen molar-refractivity contribution in [2.75, 3.05) is 45.3 Å². The van der Waals surface area contributed by atoms with Crippen LogP contribution in [-0.2, 0) is 14.3 Å². The van der Waals surface area contributed by atoms with Crippen LogP contribution in [0.15, 0.2) is 18.2 Å². The summed E-state index contributed by atoms with van der Waals surface area (Å²) in [6.07, 6.45) is 0. The van der Waals surface area contributed by atoms with Crippen LogP contribution in [0, 0.1) is 0 Å². The molecule has 0 aliphatic carbocycles. The number of nitrogens with zero attached hydrogens (tertiary/aromatic N) is 1. The third-order valence-electron chi connectivity index (χ3n) is 3.16. The summed E-state index contributed by atoms with van der Waals surface area (Å²) >= 11 is 6.16. The fourth-order valence-electron chi connectivity index (χ4n) is 1.98. The third-order valence-corrected chi connectivity index (χ3v) is 3.48. The third kappa shape index (κ3) is 4.09. The molecule has 0 aromatic heterocycles. The van der Waals surface area contributed by atoms with Crippen LogP contribution in [0.4, 0.5) is 5.69 Å². The number of morpholine rings is 1. The number of hydrogen-bond donors (Lipinski definition) is 1. The van der Waals surface area contributed by atoms with Gasteiger partial charge >= 0.3 is 5.97 Å². The summed E-state index contributed by atoms with van der Waals surface area (Å²) < 4.78 is 9.76. The van der Waals surface area contributed by atoms with Gasteiger partial charge in [0, 0.05) is 18.8 Å². The van der Waals surface area contributed by atoms with Crippen LogP contribution < -0.4 is 5.32 Å². The molecule has 1 aromatic carbocycles. The maximum Gasteiger partial charge on any atom is 0.325 e. The molecule has 21 heavy (non-hydrogen) atoms. The molecule has 1 aromatic rings. The number of methoxy groups -OCH3 is 1. The lowest BCUT2D eigenvalue weighted by atomic mass is 10.1. The van der Waals surface area contributed by atoms with Crippen LogP contribution in [0.25, 0.3) is 0 Å². The molecule has 114 valence electrons. The first kappa shape index (κ1) is 15.6. The number of nitrogens with one attached hydrogen (secondary N) is 1. The van der Waals surface area contributed by atoms with Crippen molar-refractivity contribution in [3.63, 3.8) is 0 Å². The lowest BCUT2D eigenvalue weighted by molar-refractivity contribution is -0.138. The van der Waals surface area contributed by atoms with Crippen molar-refractivity contribution in [1.82, 2.24) is 4.90 Å². The lowest BCUT2D eigenvalue weighted by Crippen LogP contribution is -2.40. The highest BCUT2D eigenvalue weighted by Crippen LogP contribution is 2.22. The van der Waals surface area contributed by atoms with Gasteiger partial charge in [0.2, 0.25) is 0 Å². The van der Waals surface area contributed by atoms with Gasteiger partial charge in [0.1, 0.15) is 6.54 Å². The molecule has 1 heterocycles. The van der Waals surface area contributed by atoms with E-state index in [0.717, 1.165) is 0 Å². The number of hydrogen-bond acceptors (Lipinski definition) is 5. The molecule has 1 saturated heterocycles. The summed E-state index contributed by atoms with van der Waals surface area (Å²) in [6.45, 7) is 2.27. The molecule has 2 rings (SSSR count). The number of ether oxygens (including phenoxy) is 2. The van der Waals surface area contributed by atoms with Crippen LogP contribution in [0.1, 0.15) is 10.4 Å². The predicted octanol–water partition coefficient (Wildman–Crippen LogP) is 1.40. The van der Waals surface area contributed by atoms with Gasteiger partial charge in [-0.25, -0.2) is 0 Å². The van der Waals surface area contributed by atoms with Gasteiger partial charge in [0.15, 0.2) is 0 Å². The molecule has 0 unspecified atom stereocenters. The van der Waals surface area contributed by atoms with E-state index < -0.39 is 0 Å². The molecule has 1 aliphatic rings. The smallest absolute Gasteiger partial charge is 0.325 e. The topological polar surface area (TPSA) is 67.9 Å². The van der Waals surface area contributed by atoms with Crippen molar-refractivity contribution in [2.24, 2.45) is 0 Å². The van der Waals surface area contributed by atoms with E-state index in [1.165, 1.54) is 7.11 Å². The normalized spacial score (nSPS) is 14.7. The Bertz CT molecular complexity index is 530. The molecule has 0 bridgehead atoms. The van der Waals surface area contributed by atoms with Crippen molar-refractivity contribution in [3.05, 3.63) is 28.8 Å². The molecular weight excluding hydrogens is 296 g/mol. The highest BCUT2D eigenvalue weighted by Gasteiger charge is 2.20. The average molecular weight is 313 g/mol. The summed E-state index contributed by atoms with van der Waals surface area (Å²) in [7, 11) is 1.32. The summed E-state index contributed by atoms with van der Waals surface area (Å²) in [5.41, 5.74) is 1.10. The second-order valence-corrected chi connectivity index (χ2v) is 4.94. The Kier molecular flexibility index (Phi) is 5.41. The van der Waals surface area contributed by atoms with E-state index in [0.29, 0.717) is 42.6 Å². The minimum Gasteiger partial charge on any atom is -0.468 e. The second kappa shape index (κ2) is 7.28. The van der Waals surface area contributed by atoms with Crippen LogP contribution in [0.3, 0.4) is 0 Å². The zero-order valence-corrected chi connectivity index (χ0v) is 12.5. The first-order valence-corrected chi connectivity index (χ1v) is 6.97. The van der Waals surface area contributed by atoms with Crippen molar-refractivity contribution in [2.45, 2.75) is 0 Å². The Morgan fingerprint density at radius 1 is 1.38 bits per heavy atom. The van der Waals surface area contributed by atoms with Gasteiger partial charge in [-0.05, 0) is 18.2 Å². The second-order valence-electron chi connectivity index (χ2n) is 4.53. The number of benzene rings is 1. The fourth-order valence-corrected chi connectivity index (χ4v) is 2.24. The number of rotatable bonds is 4. The van der Waals surface area contributed by atoms with Crippen LogP contribution in [0.5, 0.6) is 0 Å². The van der Waals surface area contributed by atoms with Crippen molar-refractivity contribution in [1.29, 1.82) is 0 Å². The Balaban J connectivity index is 2.04. The highest BCUT2D eigenvalue weighted by molar-refractivity contribution is 6.34. The summed E-state index contributed by atoms with van der Waals surface area (Å²) in [5, 5.41) is 3.23. The molecule has 0 atom stereocenters. The zero-order valence-electron chi connectivity index (χ0n) is 11.7. The van der Waals surface area contributed by atoms with E-state index in [-0.39, 0.29) is 18.4 Å². The highest BCUT2D eigenvalue weighted by atomic mass is 35.5. The number of esters is 1. The Morgan fingerprint density at radius 2 is 2.10 bits per heavy atom. The molecule has 6 nitrogen and oxygen atoms in total. The van der Waals surface area contributed by atoms with E-state index in [1.807, 2.05) is 0 Å². The Hall–Kier alpha value is -1.79. The van der Waals surface area contributed by atoms with E-state index in [2.05, 4.69) is 10.1 Å². The van der Waals surface area contributed by atoms with Crippen molar-refractivity contribution < 1.29 is 19.1 Å². The largest absolute Gasteiger partial charge is 0.468 e. The summed E-state index contributed by atoms with van der Waals surface area (Å²) in [4.78, 5) is 25.1. The molecule has 1 N–H and O–H groups in total. The van der Waals surface area contributed by atoms with Gasteiger partial charge in [-0.1, -0.05) is 11.6 Å². The van der Waals surface area contributed by atoms with Gasteiger partial charge in [-0.15, -0.1) is 0 Å². The molecule has 1 aliphatic heterocycles. The van der Waals surface area contributed by atoms with Gasteiger partial charge < -0.3 is 19.7 Å². The van der Waals surface area contributed by atoms with Gasteiger partial charge in [0.25, 0.3) is 5.91 Å². The van der Waals surface area contributed by atoms with Crippen molar-refractivity contribution in [3.8, 4) is 0 Å². The van der Waals surface area contributed by atoms with Gasteiger partial charge in [0.05, 0.1) is 30.9 Å². The SMILES string of the molecule is COC(=O)CNc1ccc(C(=O)N2CCOCC2)c(Cl)c1. The van der Waals surface area contributed by atoms with E-state index in [9.17, 15) is 9.59 Å². The zero-order chi connectivity index (χ0) is 15.2. The van der Waals surface area contributed by atoms with E-state index in [1.54, 1.807) is 23.1 Å². The van der Waals surface area contributed by atoms with Gasteiger partial charge in [-0.2, -0.15) is 0 Å². The number of carbonyl (C=O) groups excluding carboxylic acids is 2. The molecule has 1 amide bonds. The van der Waals surface area contributed by atoms with E-state index >= 15 is 0 Å². The first-order chi connectivity index (χ1) is 10.1. The molecule has 7 heteroatoms. The standard InChI is InChI=1S/C14H17ClN2O4/c1-20-13(18)9-16-10-2-3-11(12(15)8-10)14(19)17-4-6-21-7-5-17/h2-3,8,16H,4-7,9H2,1H3. The Labute approximate surface area is 128 Å². The summed E-state index contributed by atoms with van der Waals surface area (Å²) in [6, 6.07) is 4.99. The minimum atomic E-state index is -0.375. The van der Waals surface area contributed by atoms with Crippen molar-refractivity contribution >= 4 is 29.2 Å². The number of anilines is 1. The van der Waals surface area contributed by atoms with Gasteiger partial charge in [-0.3, -0.25) is 9.59 Å². The first-order valence-electron chi connectivity index (χ1n) is 6.59. The molecule has 0 radical (unpaired) electrons. The quantitative estimate of drug-likeness (QED) is 0.851.